The van der Waals surface area contributed by atoms with Crippen LogP contribution < -0.4 is 10.5 Å². The van der Waals surface area contributed by atoms with Crippen molar-refractivity contribution in [2.75, 3.05) is 5.75 Å². The van der Waals surface area contributed by atoms with Gasteiger partial charge in [-0.15, -0.1) is 0 Å². The molecular formula is C9H18N2O4S. The van der Waals surface area contributed by atoms with Crippen LogP contribution in [0.15, 0.2) is 0 Å². The van der Waals surface area contributed by atoms with Gasteiger partial charge in [0, 0.05) is 6.04 Å². The van der Waals surface area contributed by atoms with Gasteiger partial charge in [-0.2, -0.15) is 0 Å². The van der Waals surface area contributed by atoms with Gasteiger partial charge >= 0.3 is 5.97 Å². The summed E-state index contributed by atoms with van der Waals surface area (Å²) in [7, 11) is -3.58. The Hall–Kier alpha value is -0.660. The maximum Gasteiger partial charge on any atom is 0.321 e. The molecule has 0 bridgehead atoms. The van der Waals surface area contributed by atoms with Crippen molar-refractivity contribution in [2.24, 2.45) is 5.73 Å². The molecule has 1 atom stereocenters. The SMILES string of the molecule is N[C@@H](CS(=O)(=O)NC1CCCCC1)C(=O)O. The molecule has 0 heterocycles. The van der Waals surface area contributed by atoms with Gasteiger partial charge in [0.25, 0.3) is 0 Å². The van der Waals surface area contributed by atoms with Gasteiger partial charge in [-0.1, -0.05) is 19.3 Å². The monoisotopic (exact) mass is 250 g/mol. The number of aliphatic carboxylic acids is 1. The first kappa shape index (κ1) is 13.4. The van der Waals surface area contributed by atoms with Crippen LogP contribution in [-0.4, -0.2) is 37.3 Å². The van der Waals surface area contributed by atoms with Crippen LogP contribution >= 0.6 is 0 Å². The summed E-state index contributed by atoms with van der Waals surface area (Å²) in [5.74, 6) is -1.85. The zero-order valence-electron chi connectivity index (χ0n) is 9.05. The second-order valence-electron chi connectivity index (χ2n) is 4.18. The van der Waals surface area contributed by atoms with E-state index in [1.807, 2.05) is 0 Å². The fraction of sp³-hybridized carbons (Fsp3) is 0.889. The molecule has 1 fully saturated rings. The normalized spacial score (nSPS) is 20.6. The van der Waals surface area contributed by atoms with E-state index in [4.69, 9.17) is 10.8 Å². The summed E-state index contributed by atoms with van der Waals surface area (Å²) in [4.78, 5) is 10.5. The number of sulfonamides is 1. The quantitative estimate of drug-likeness (QED) is 0.618. The molecule has 94 valence electrons. The highest BCUT2D eigenvalue weighted by Crippen LogP contribution is 2.18. The van der Waals surface area contributed by atoms with E-state index in [9.17, 15) is 13.2 Å². The zero-order valence-corrected chi connectivity index (χ0v) is 9.87. The fourth-order valence-electron chi connectivity index (χ4n) is 1.83. The Kier molecular flexibility index (Phi) is 4.69. The largest absolute Gasteiger partial charge is 0.480 e. The van der Waals surface area contributed by atoms with E-state index in [-0.39, 0.29) is 6.04 Å². The Balaban J connectivity index is 2.47. The lowest BCUT2D eigenvalue weighted by molar-refractivity contribution is -0.137. The first-order valence-corrected chi connectivity index (χ1v) is 7.04. The van der Waals surface area contributed by atoms with E-state index >= 15 is 0 Å². The first-order valence-electron chi connectivity index (χ1n) is 5.39. The molecule has 0 unspecified atom stereocenters. The molecule has 1 rings (SSSR count). The second-order valence-corrected chi connectivity index (χ2v) is 5.98. The Morgan fingerprint density at radius 3 is 2.44 bits per heavy atom. The number of rotatable bonds is 5. The molecule has 16 heavy (non-hydrogen) atoms. The lowest BCUT2D eigenvalue weighted by Gasteiger charge is -2.22. The Labute approximate surface area is 95.3 Å². The van der Waals surface area contributed by atoms with Crippen LogP contribution in [0.25, 0.3) is 0 Å². The van der Waals surface area contributed by atoms with Crippen molar-refractivity contribution >= 4 is 16.0 Å². The van der Waals surface area contributed by atoms with Crippen molar-refractivity contribution in [3.05, 3.63) is 0 Å². The topological polar surface area (TPSA) is 109 Å². The van der Waals surface area contributed by atoms with Crippen LogP contribution in [-0.2, 0) is 14.8 Å². The van der Waals surface area contributed by atoms with E-state index in [1.54, 1.807) is 0 Å². The van der Waals surface area contributed by atoms with Gasteiger partial charge in [0.05, 0.1) is 5.75 Å². The van der Waals surface area contributed by atoms with Crippen LogP contribution in [0, 0.1) is 0 Å². The molecule has 1 saturated carbocycles. The summed E-state index contributed by atoms with van der Waals surface area (Å²) in [6.07, 6.45) is 4.80. The number of nitrogens with two attached hydrogens (primary N) is 1. The summed E-state index contributed by atoms with van der Waals surface area (Å²) >= 11 is 0. The molecule has 0 aliphatic heterocycles. The second kappa shape index (κ2) is 5.60. The minimum Gasteiger partial charge on any atom is -0.480 e. The molecule has 7 heteroatoms. The molecule has 1 aliphatic rings. The lowest BCUT2D eigenvalue weighted by Crippen LogP contribution is -2.45. The predicted octanol–water partition coefficient (Wildman–Crippen LogP) is -0.350. The summed E-state index contributed by atoms with van der Waals surface area (Å²) in [5.41, 5.74) is 5.19. The molecule has 0 aromatic carbocycles. The van der Waals surface area contributed by atoms with Crippen molar-refractivity contribution in [2.45, 2.75) is 44.2 Å². The van der Waals surface area contributed by atoms with Gasteiger partial charge in [0.1, 0.15) is 6.04 Å². The van der Waals surface area contributed by atoms with Crippen molar-refractivity contribution in [3.8, 4) is 0 Å². The number of hydrogen-bond acceptors (Lipinski definition) is 4. The maximum atomic E-state index is 11.6. The maximum absolute atomic E-state index is 11.6. The fourth-order valence-corrected chi connectivity index (χ4v) is 3.29. The average Bonchev–Trinajstić information content (AvgIpc) is 2.17. The van der Waals surface area contributed by atoms with Crippen molar-refractivity contribution in [1.29, 1.82) is 0 Å². The third-order valence-corrected chi connectivity index (χ3v) is 4.16. The Bertz CT molecular complexity index is 335. The Morgan fingerprint density at radius 1 is 1.38 bits per heavy atom. The number of carboxylic acid groups (broad SMARTS) is 1. The number of carbonyl (C=O) groups is 1. The van der Waals surface area contributed by atoms with Crippen LogP contribution in [0.1, 0.15) is 32.1 Å². The van der Waals surface area contributed by atoms with Gasteiger partial charge in [-0.25, -0.2) is 13.1 Å². The summed E-state index contributed by atoms with van der Waals surface area (Å²) in [5, 5.41) is 8.53. The average molecular weight is 250 g/mol. The zero-order chi connectivity index (χ0) is 12.2. The molecule has 0 aromatic heterocycles. The smallest absolute Gasteiger partial charge is 0.321 e. The highest BCUT2D eigenvalue weighted by atomic mass is 32.2. The molecule has 0 amide bonds. The molecule has 0 aromatic rings. The summed E-state index contributed by atoms with van der Waals surface area (Å²) in [6.45, 7) is 0. The lowest BCUT2D eigenvalue weighted by atomic mass is 9.96. The van der Waals surface area contributed by atoms with E-state index in [1.165, 1.54) is 0 Å². The predicted molar refractivity (Wildman–Crippen MR) is 59.4 cm³/mol. The third-order valence-electron chi connectivity index (χ3n) is 2.67. The van der Waals surface area contributed by atoms with Crippen molar-refractivity contribution in [1.82, 2.24) is 4.72 Å². The van der Waals surface area contributed by atoms with E-state index in [0.717, 1.165) is 32.1 Å². The van der Waals surface area contributed by atoms with Gasteiger partial charge in [-0.05, 0) is 12.8 Å². The highest BCUT2D eigenvalue weighted by Gasteiger charge is 2.24. The Morgan fingerprint density at radius 2 is 1.94 bits per heavy atom. The molecule has 0 saturated heterocycles. The number of carboxylic acids is 1. The highest BCUT2D eigenvalue weighted by molar-refractivity contribution is 7.89. The van der Waals surface area contributed by atoms with Crippen molar-refractivity contribution in [3.63, 3.8) is 0 Å². The molecule has 0 radical (unpaired) electrons. The van der Waals surface area contributed by atoms with E-state index in [2.05, 4.69) is 4.72 Å². The summed E-state index contributed by atoms with van der Waals surface area (Å²) in [6, 6.07) is -1.42. The summed E-state index contributed by atoms with van der Waals surface area (Å²) < 4.78 is 25.6. The number of nitrogens with one attached hydrogen (secondary N) is 1. The van der Waals surface area contributed by atoms with Crippen LogP contribution in [0.4, 0.5) is 0 Å². The van der Waals surface area contributed by atoms with Gasteiger partial charge in [0.15, 0.2) is 0 Å². The van der Waals surface area contributed by atoms with Crippen LogP contribution in [0.3, 0.4) is 0 Å². The number of hydrogen-bond donors (Lipinski definition) is 3. The van der Waals surface area contributed by atoms with Crippen LogP contribution in [0.2, 0.25) is 0 Å². The van der Waals surface area contributed by atoms with Gasteiger partial charge < -0.3 is 10.8 Å². The van der Waals surface area contributed by atoms with Gasteiger partial charge in [0.2, 0.25) is 10.0 Å². The van der Waals surface area contributed by atoms with E-state index in [0.29, 0.717) is 0 Å². The van der Waals surface area contributed by atoms with Crippen molar-refractivity contribution < 1.29 is 18.3 Å². The standard InChI is InChI=1S/C9H18N2O4S/c10-8(9(12)13)6-16(14,15)11-7-4-2-1-3-5-7/h7-8,11H,1-6,10H2,(H,12,13)/t8-/m0/s1. The van der Waals surface area contributed by atoms with E-state index < -0.39 is 27.8 Å². The molecule has 0 spiro atoms. The molecule has 6 nitrogen and oxygen atoms in total. The molecule has 1 aliphatic carbocycles. The minimum absolute atomic E-state index is 0.0558. The van der Waals surface area contributed by atoms with Gasteiger partial charge in [-0.3, -0.25) is 4.79 Å². The molecule has 4 N–H and O–H groups in total. The minimum atomic E-state index is -3.58. The molecular weight excluding hydrogens is 232 g/mol. The third kappa shape index (κ3) is 4.46. The first-order chi connectivity index (χ1) is 7.41. The van der Waals surface area contributed by atoms with Crippen LogP contribution in [0.5, 0.6) is 0 Å².